The van der Waals surface area contributed by atoms with Crippen molar-refractivity contribution in [2.75, 3.05) is 13.2 Å². The summed E-state index contributed by atoms with van der Waals surface area (Å²) < 4.78 is 16.6. The monoisotopic (exact) mass is 323 g/mol. The van der Waals surface area contributed by atoms with Gasteiger partial charge in [0.15, 0.2) is 11.5 Å². The highest BCUT2D eigenvalue weighted by molar-refractivity contribution is 6.32. The first-order valence-electron chi connectivity index (χ1n) is 7.55. The Morgan fingerprint density at radius 3 is 2.73 bits per heavy atom. The van der Waals surface area contributed by atoms with Crippen molar-refractivity contribution in [2.45, 2.75) is 33.4 Å². The van der Waals surface area contributed by atoms with Crippen molar-refractivity contribution < 1.29 is 13.9 Å². The number of rotatable bonds is 9. The van der Waals surface area contributed by atoms with Crippen molar-refractivity contribution in [1.82, 2.24) is 5.32 Å². The maximum Gasteiger partial charge on any atom is 0.179 e. The van der Waals surface area contributed by atoms with E-state index in [9.17, 15) is 0 Å². The third-order valence-electron chi connectivity index (χ3n) is 3.03. The highest BCUT2D eigenvalue weighted by Crippen LogP contribution is 2.36. The molecule has 0 radical (unpaired) electrons. The Morgan fingerprint density at radius 1 is 1.18 bits per heavy atom. The fourth-order valence-corrected chi connectivity index (χ4v) is 2.36. The van der Waals surface area contributed by atoms with Gasteiger partial charge in [-0.05, 0) is 43.2 Å². The van der Waals surface area contributed by atoms with E-state index < -0.39 is 0 Å². The van der Waals surface area contributed by atoms with Crippen molar-refractivity contribution in [2.24, 2.45) is 0 Å². The number of hydrogen-bond acceptors (Lipinski definition) is 4. The molecule has 0 saturated carbocycles. The van der Waals surface area contributed by atoms with Crippen molar-refractivity contribution >= 4 is 11.6 Å². The number of nitrogens with one attached hydrogen (secondary N) is 1. The molecule has 2 rings (SSSR count). The zero-order chi connectivity index (χ0) is 15.8. The van der Waals surface area contributed by atoms with Gasteiger partial charge in [-0.15, -0.1) is 0 Å². The minimum absolute atomic E-state index is 0.572. The molecule has 22 heavy (non-hydrogen) atoms. The second kappa shape index (κ2) is 8.71. The number of hydrogen-bond donors (Lipinski definition) is 1. The summed E-state index contributed by atoms with van der Waals surface area (Å²) in [5.74, 6) is 2.22. The minimum atomic E-state index is 0.572. The molecular formula is C17H22ClNO3. The summed E-state index contributed by atoms with van der Waals surface area (Å²) in [7, 11) is 0. The van der Waals surface area contributed by atoms with E-state index in [0.717, 1.165) is 17.7 Å². The van der Waals surface area contributed by atoms with Gasteiger partial charge in [-0.2, -0.15) is 0 Å². The molecule has 0 bridgehead atoms. The molecule has 0 unspecified atom stereocenters. The summed E-state index contributed by atoms with van der Waals surface area (Å²) in [6, 6.07) is 7.69. The SMILES string of the molecule is CCCOc1c(Cl)cc(CNCc2ccco2)cc1OCC. The Bertz CT molecular complexity index is 570. The molecule has 2 aromatic rings. The molecule has 1 heterocycles. The van der Waals surface area contributed by atoms with Crippen LogP contribution in [0.3, 0.4) is 0 Å². The van der Waals surface area contributed by atoms with Gasteiger partial charge in [-0.1, -0.05) is 18.5 Å². The van der Waals surface area contributed by atoms with E-state index in [1.165, 1.54) is 0 Å². The molecule has 0 atom stereocenters. The second-order valence-electron chi connectivity index (χ2n) is 4.87. The van der Waals surface area contributed by atoms with Gasteiger partial charge in [0.1, 0.15) is 5.76 Å². The van der Waals surface area contributed by atoms with E-state index in [0.29, 0.717) is 42.8 Å². The fourth-order valence-electron chi connectivity index (χ4n) is 2.07. The lowest BCUT2D eigenvalue weighted by Crippen LogP contribution is -2.12. The largest absolute Gasteiger partial charge is 0.490 e. The molecular weight excluding hydrogens is 302 g/mol. The van der Waals surface area contributed by atoms with Crippen LogP contribution in [0.25, 0.3) is 0 Å². The van der Waals surface area contributed by atoms with Gasteiger partial charge in [0.05, 0.1) is 31.0 Å². The molecule has 1 aromatic heterocycles. The van der Waals surface area contributed by atoms with Gasteiger partial charge in [0, 0.05) is 6.54 Å². The molecule has 5 heteroatoms. The summed E-state index contributed by atoms with van der Waals surface area (Å²) >= 11 is 6.33. The number of halogens is 1. The van der Waals surface area contributed by atoms with E-state index in [1.807, 2.05) is 31.2 Å². The summed E-state index contributed by atoms with van der Waals surface area (Å²) in [6.07, 6.45) is 2.59. The zero-order valence-corrected chi connectivity index (χ0v) is 13.8. The molecule has 1 N–H and O–H groups in total. The van der Waals surface area contributed by atoms with Crippen LogP contribution >= 0.6 is 11.6 Å². The van der Waals surface area contributed by atoms with Crippen LogP contribution in [0, 0.1) is 0 Å². The van der Waals surface area contributed by atoms with Crippen LogP contribution in [0.5, 0.6) is 11.5 Å². The van der Waals surface area contributed by atoms with Crippen LogP contribution in [-0.4, -0.2) is 13.2 Å². The van der Waals surface area contributed by atoms with Crippen molar-refractivity contribution in [3.05, 3.63) is 46.9 Å². The normalized spacial score (nSPS) is 10.7. The predicted octanol–water partition coefficient (Wildman–Crippen LogP) is 4.41. The van der Waals surface area contributed by atoms with E-state index in [-0.39, 0.29) is 0 Å². The molecule has 0 spiro atoms. The molecule has 0 aliphatic heterocycles. The van der Waals surface area contributed by atoms with Gasteiger partial charge in [0.2, 0.25) is 0 Å². The minimum Gasteiger partial charge on any atom is -0.490 e. The molecule has 0 fully saturated rings. The lowest BCUT2D eigenvalue weighted by molar-refractivity contribution is 0.277. The Hall–Kier alpha value is -1.65. The van der Waals surface area contributed by atoms with Crippen molar-refractivity contribution in [3.8, 4) is 11.5 Å². The van der Waals surface area contributed by atoms with Crippen LogP contribution < -0.4 is 14.8 Å². The average molecular weight is 324 g/mol. The topological polar surface area (TPSA) is 43.6 Å². The van der Waals surface area contributed by atoms with E-state index in [2.05, 4.69) is 12.2 Å². The average Bonchev–Trinajstić information content (AvgIpc) is 3.00. The van der Waals surface area contributed by atoms with Crippen LogP contribution in [0.1, 0.15) is 31.6 Å². The van der Waals surface area contributed by atoms with E-state index in [1.54, 1.807) is 6.26 Å². The highest BCUT2D eigenvalue weighted by atomic mass is 35.5. The Morgan fingerprint density at radius 2 is 2.05 bits per heavy atom. The maximum atomic E-state index is 6.33. The van der Waals surface area contributed by atoms with Crippen molar-refractivity contribution in [1.29, 1.82) is 0 Å². The van der Waals surface area contributed by atoms with Gasteiger partial charge in [-0.25, -0.2) is 0 Å². The first-order chi connectivity index (χ1) is 10.7. The highest BCUT2D eigenvalue weighted by Gasteiger charge is 2.12. The molecule has 1 aromatic carbocycles. The number of ether oxygens (including phenoxy) is 2. The third-order valence-corrected chi connectivity index (χ3v) is 3.31. The first-order valence-corrected chi connectivity index (χ1v) is 7.93. The van der Waals surface area contributed by atoms with Crippen LogP contribution in [0.15, 0.2) is 34.9 Å². The Balaban J connectivity index is 2.04. The Kier molecular flexibility index (Phi) is 6.62. The summed E-state index contributed by atoms with van der Waals surface area (Å²) in [5, 5.41) is 3.89. The molecule has 0 aliphatic carbocycles. The molecule has 0 saturated heterocycles. The van der Waals surface area contributed by atoms with Crippen molar-refractivity contribution in [3.63, 3.8) is 0 Å². The lowest BCUT2D eigenvalue weighted by Gasteiger charge is -2.15. The van der Waals surface area contributed by atoms with E-state index in [4.69, 9.17) is 25.5 Å². The van der Waals surface area contributed by atoms with Gasteiger partial charge in [0.25, 0.3) is 0 Å². The lowest BCUT2D eigenvalue weighted by atomic mass is 10.2. The summed E-state index contributed by atoms with van der Waals surface area (Å²) in [4.78, 5) is 0. The van der Waals surface area contributed by atoms with E-state index >= 15 is 0 Å². The number of benzene rings is 1. The molecule has 0 amide bonds. The third kappa shape index (κ3) is 4.68. The quantitative estimate of drug-likeness (QED) is 0.742. The van der Waals surface area contributed by atoms with Gasteiger partial charge >= 0.3 is 0 Å². The van der Waals surface area contributed by atoms with Gasteiger partial charge < -0.3 is 19.2 Å². The Labute approximate surface area is 136 Å². The van der Waals surface area contributed by atoms with Crippen LogP contribution in [-0.2, 0) is 13.1 Å². The van der Waals surface area contributed by atoms with Crippen LogP contribution in [0.4, 0.5) is 0 Å². The fraction of sp³-hybridized carbons (Fsp3) is 0.412. The second-order valence-corrected chi connectivity index (χ2v) is 5.28. The van der Waals surface area contributed by atoms with Crippen LogP contribution in [0.2, 0.25) is 5.02 Å². The summed E-state index contributed by atoms with van der Waals surface area (Å²) in [6.45, 7) is 6.54. The summed E-state index contributed by atoms with van der Waals surface area (Å²) in [5.41, 5.74) is 1.05. The van der Waals surface area contributed by atoms with Gasteiger partial charge in [-0.3, -0.25) is 0 Å². The zero-order valence-electron chi connectivity index (χ0n) is 13.0. The standard InChI is InChI=1S/C17H22ClNO3/c1-3-7-22-17-15(18)9-13(10-16(17)20-4-2)11-19-12-14-6-5-8-21-14/h5-6,8-10,19H,3-4,7,11-12H2,1-2H3. The molecule has 0 aliphatic rings. The first kappa shape index (κ1) is 16.7. The smallest absolute Gasteiger partial charge is 0.179 e. The number of furan rings is 1. The predicted molar refractivity (Wildman–Crippen MR) is 87.7 cm³/mol. The molecule has 4 nitrogen and oxygen atoms in total. The molecule has 120 valence electrons. The maximum absolute atomic E-state index is 6.33.